The van der Waals surface area contributed by atoms with Crippen molar-refractivity contribution in [3.63, 3.8) is 0 Å². The lowest BCUT2D eigenvalue weighted by atomic mass is 9.58. The molecule has 4 atom stereocenters. The zero-order valence-corrected chi connectivity index (χ0v) is 22.8. The van der Waals surface area contributed by atoms with Gasteiger partial charge < -0.3 is 19.9 Å². The largest absolute Gasteiger partial charge is 0.505 e. The molecule has 0 spiro atoms. The number of aliphatic hydroxyl groups excluding tert-OH is 1. The highest BCUT2D eigenvalue weighted by Gasteiger charge is 2.57. The maximum Gasteiger partial charge on any atom is 0.455 e. The highest BCUT2D eigenvalue weighted by molar-refractivity contribution is 6.43. The van der Waals surface area contributed by atoms with E-state index in [1.54, 1.807) is 48.7 Å². The van der Waals surface area contributed by atoms with Gasteiger partial charge in [0.25, 0.3) is 0 Å². The minimum absolute atomic E-state index is 0.147. The van der Waals surface area contributed by atoms with Crippen molar-refractivity contribution in [2.75, 3.05) is 11.5 Å². The number of imide groups is 1. The van der Waals surface area contributed by atoms with Gasteiger partial charge in [-0.05, 0) is 96.3 Å². The fourth-order valence-corrected chi connectivity index (χ4v) is 6.67. The number of carbonyl (C=O) groups is 2. The first-order chi connectivity index (χ1) is 20.4. The van der Waals surface area contributed by atoms with Crippen LogP contribution in [-0.4, -0.2) is 51.9 Å². The van der Waals surface area contributed by atoms with Crippen LogP contribution in [0.25, 0.3) is 11.6 Å². The number of hydrogen-bond donors (Lipinski definition) is 3. The number of hydrogen-bond acceptors (Lipinski definition) is 7. The van der Waals surface area contributed by atoms with Crippen LogP contribution in [0.5, 0.6) is 5.75 Å². The number of aromatic hydroxyl groups is 1. The first kappa shape index (κ1) is 28.0. The molecule has 214 valence electrons. The Morgan fingerprint density at radius 2 is 1.86 bits per heavy atom. The number of benzene rings is 2. The summed E-state index contributed by atoms with van der Waals surface area (Å²) >= 11 is 0. The Bertz CT molecular complexity index is 1560. The maximum absolute atomic E-state index is 14.1. The second-order valence-electron chi connectivity index (χ2n) is 11.0. The van der Waals surface area contributed by atoms with Crippen LogP contribution in [0.2, 0.25) is 6.32 Å². The van der Waals surface area contributed by atoms with Crippen molar-refractivity contribution in [1.82, 2.24) is 4.98 Å². The predicted octanol–water partition coefficient (Wildman–Crippen LogP) is 4.24. The van der Waals surface area contributed by atoms with E-state index in [0.29, 0.717) is 35.4 Å². The molecule has 8 nitrogen and oxygen atoms in total. The Morgan fingerprint density at radius 3 is 2.57 bits per heavy atom. The van der Waals surface area contributed by atoms with E-state index in [1.807, 2.05) is 18.2 Å². The summed E-state index contributed by atoms with van der Waals surface area (Å²) in [5, 5.41) is 30.8. The minimum atomic E-state index is -1.15. The number of phenolic OH excluding ortho intramolecular Hbond substituents is 1. The number of amides is 2. The summed E-state index contributed by atoms with van der Waals surface area (Å²) in [6, 6.07) is 18.4. The number of aliphatic hydroxyl groups is 1. The SMILES string of the molecule is O=C1[C@@H]2[C@@H](CC(CO)=C3[C@@H](CC/C(=C/c4ccc(O)c(F)c4)c4ccccn4)OB(O)C[C@@H]32)C(=O)N1c1ccccc1. The summed E-state index contributed by atoms with van der Waals surface area (Å²) in [7, 11) is -1.15. The lowest BCUT2D eigenvalue weighted by Gasteiger charge is -2.42. The monoisotopic (exact) mass is 568 g/mol. The molecule has 0 radical (unpaired) electrons. The van der Waals surface area contributed by atoms with Crippen molar-refractivity contribution in [2.45, 2.75) is 31.7 Å². The van der Waals surface area contributed by atoms with E-state index in [0.717, 1.165) is 11.1 Å². The number of allylic oxidation sites excluding steroid dienone is 1. The molecule has 42 heavy (non-hydrogen) atoms. The van der Waals surface area contributed by atoms with Gasteiger partial charge in [-0.3, -0.25) is 19.5 Å². The first-order valence-corrected chi connectivity index (χ1v) is 14.0. The van der Waals surface area contributed by atoms with Gasteiger partial charge in [0.2, 0.25) is 11.8 Å². The smallest absolute Gasteiger partial charge is 0.455 e. The third kappa shape index (κ3) is 5.17. The second-order valence-corrected chi connectivity index (χ2v) is 11.0. The molecule has 10 heteroatoms. The summed E-state index contributed by atoms with van der Waals surface area (Å²) < 4.78 is 20.1. The third-order valence-electron chi connectivity index (χ3n) is 8.50. The molecule has 1 aromatic heterocycles. The van der Waals surface area contributed by atoms with Crippen molar-refractivity contribution in [2.24, 2.45) is 17.8 Å². The number of pyridine rings is 1. The van der Waals surface area contributed by atoms with Crippen molar-refractivity contribution in [3.05, 3.63) is 101 Å². The fourth-order valence-electron chi connectivity index (χ4n) is 6.67. The molecule has 6 rings (SSSR count). The topological polar surface area (TPSA) is 120 Å². The number of fused-ring (bicyclic) bond motifs is 3. The molecule has 2 aliphatic heterocycles. The molecule has 2 aromatic carbocycles. The molecule has 2 amide bonds. The van der Waals surface area contributed by atoms with E-state index < -0.39 is 42.5 Å². The zero-order valence-electron chi connectivity index (χ0n) is 22.8. The van der Waals surface area contributed by atoms with Gasteiger partial charge in [-0.2, -0.15) is 0 Å². The highest BCUT2D eigenvalue weighted by atomic mass is 19.1. The Balaban J connectivity index is 1.31. The second kappa shape index (κ2) is 11.6. The molecule has 0 saturated carbocycles. The summed E-state index contributed by atoms with van der Waals surface area (Å²) in [6.45, 7) is -0.284. The van der Waals surface area contributed by atoms with Gasteiger partial charge in [0.15, 0.2) is 11.6 Å². The lowest BCUT2D eigenvalue weighted by molar-refractivity contribution is -0.122. The van der Waals surface area contributed by atoms with Gasteiger partial charge in [-0.15, -0.1) is 0 Å². The van der Waals surface area contributed by atoms with Crippen LogP contribution in [-0.2, 0) is 14.2 Å². The van der Waals surface area contributed by atoms with Gasteiger partial charge in [0.05, 0.1) is 35.9 Å². The molecule has 3 heterocycles. The Kier molecular flexibility index (Phi) is 7.77. The summed E-state index contributed by atoms with van der Waals surface area (Å²) in [4.78, 5) is 32.9. The van der Waals surface area contributed by atoms with Gasteiger partial charge in [-0.1, -0.05) is 30.3 Å². The van der Waals surface area contributed by atoms with Crippen LogP contribution < -0.4 is 4.90 Å². The lowest BCUT2D eigenvalue weighted by Crippen LogP contribution is -2.46. The highest BCUT2D eigenvalue weighted by Crippen LogP contribution is 2.51. The molecule has 1 aliphatic carbocycles. The zero-order chi connectivity index (χ0) is 29.4. The number of halogens is 1. The number of phenols is 1. The fraction of sp³-hybridized carbons (Fsp3) is 0.281. The minimum Gasteiger partial charge on any atom is -0.505 e. The van der Waals surface area contributed by atoms with Crippen molar-refractivity contribution >= 4 is 36.3 Å². The maximum atomic E-state index is 14.1. The van der Waals surface area contributed by atoms with Crippen LogP contribution in [0.1, 0.15) is 30.5 Å². The van der Waals surface area contributed by atoms with E-state index in [2.05, 4.69) is 4.98 Å². The Hall–Kier alpha value is -4.12. The van der Waals surface area contributed by atoms with E-state index in [9.17, 15) is 29.2 Å². The first-order valence-electron chi connectivity index (χ1n) is 14.0. The summed E-state index contributed by atoms with van der Waals surface area (Å²) in [5.74, 6) is -3.50. The van der Waals surface area contributed by atoms with Gasteiger partial charge in [-0.25, -0.2) is 4.39 Å². The standard InChI is InChI=1S/C32H30BFN2O6/c34-25-15-19(9-11-27(25)38)14-20(26-8-4-5-13-35-26)10-12-28-29-21(18-37)16-23-30(24(29)17-33(41)42-28)32(40)36(31(23)39)22-6-2-1-3-7-22/h1-9,11,13-15,23-24,28,30,37-38,41H,10,12,16-18H2/b20-14-/t23-,24+,28-,30-/m1/s1. The molecule has 3 N–H and O–H groups in total. The van der Waals surface area contributed by atoms with Gasteiger partial charge in [0, 0.05) is 6.20 Å². The average Bonchev–Trinajstić information content (AvgIpc) is 3.26. The molecule has 2 fully saturated rings. The number of para-hydroxylation sites is 1. The molecule has 0 bridgehead atoms. The van der Waals surface area contributed by atoms with E-state index in [4.69, 9.17) is 4.65 Å². The van der Waals surface area contributed by atoms with Crippen LogP contribution in [0.3, 0.4) is 0 Å². The average molecular weight is 568 g/mol. The van der Waals surface area contributed by atoms with E-state index in [-0.39, 0.29) is 31.2 Å². The summed E-state index contributed by atoms with van der Waals surface area (Å²) in [5.41, 5.74) is 3.95. The van der Waals surface area contributed by atoms with Crippen molar-refractivity contribution in [1.29, 1.82) is 0 Å². The normalized spacial score (nSPS) is 24.2. The number of aromatic nitrogens is 1. The van der Waals surface area contributed by atoms with Gasteiger partial charge in [0.1, 0.15) is 0 Å². The number of carbonyl (C=O) groups excluding carboxylic acids is 2. The van der Waals surface area contributed by atoms with Gasteiger partial charge >= 0.3 is 7.12 Å². The van der Waals surface area contributed by atoms with Crippen LogP contribution in [0.4, 0.5) is 10.1 Å². The van der Waals surface area contributed by atoms with Crippen LogP contribution >= 0.6 is 0 Å². The number of nitrogens with zero attached hydrogens (tertiary/aromatic N) is 2. The summed E-state index contributed by atoms with van der Waals surface area (Å²) in [6.07, 6.45) is 4.03. The quantitative estimate of drug-likeness (QED) is 0.222. The molecule has 2 saturated heterocycles. The molecular weight excluding hydrogens is 538 g/mol. The van der Waals surface area contributed by atoms with E-state index in [1.165, 1.54) is 17.0 Å². The molecule has 3 aromatic rings. The van der Waals surface area contributed by atoms with E-state index >= 15 is 0 Å². The van der Waals surface area contributed by atoms with Crippen LogP contribution in [0, 0.1) is 23.6 Å². The van der Waals surface area contributed by atoms with Crippen molar-refractivity contribution < 1.29 is 33.9 Å². The third-order valence-corrected chi connectivity index (χ3v) is 8.50. The Morgan fingerprint density at radius 1 is 1.07 bits per heavy atom. The number of anilines is 1. The molecule has 0 unspecified atom stereocenters. The predicted molar refractivity (Wildman–Crippen MR) is 155 cm³/mol. The van der Waals surface area contributed by atoms with Crippen LogP contribution in [0.15, 0.2) is 84.1 Å². The molecular formula is C32H30BFN2O6. The Labute approximate surface area is 242 Å². The molecule has 3 aliphatic rings. The number of rotatable bonds is 7. The van der Waals surface area contributed by atoms with Crippen molar-refractivity contribution in [3.8, 4) is 5.75 Å².